The van der Waals surface area contributed by atoms with Crippen LogP contribution >= 0.6 is 0 Å². The lowest BCUT2D eigenvalue weighted by atomic mass is 9.99. The summed E-state index contributed by atoms with van der Waals surface area (Å²) in [5.74, 6) is -0.675. The largest absolute Gasteiger partial charge is 0.381 e. The van der Waals surface area contributed by atoms with Gasteiger partial charge in [0.2, 0.25) is 0 Å². The summed E-state index contributed by atoms with van der Waals surface area (Å²) in [6, 6.07) is 3.59. The number of sulfone groups is 1. The van der Waals surface area contributed by atoms with Gasteiger partial charge in [0.1, 0.15) is 11.6 Å². The third-order valence-corrected chi connectivity index (χ3v) is 7.90. The maximum atomic E-state index is 14.0. The van der Waals surface area contributed by atoms with E-state index in [-0.39, 0.29) is 12.6 Å². The summed E-state index contributed by atoms with van der Waals surface area (Å²) in [6.45, 7) is 2.25. The molecule has 2 heterocycles. The van der Waals surface area contributed by atoms with Crippen LogP contribution in [-0.2, 0) is 14.6 Å². The molecule has 3 rings (SSSR count). The number of hydrogen-bond donors (Lipinski definition) is 2. The summed E-state index contributed by atoms with van der Waals surface area (Å²) in [4.78, 5) is 6.06. The molecular weight excluding hydrogens is 402 g/mol. The number of ether oxygens (including phenoxy) is 1. The van der Waals surface area contributed by atoms with Gasteiger partial charge >= 0.3 is 0 Å². The molecule has 0 amide bonds. The molecule has 1 aromatic rings. The second-order valence-corrected chi connectivity index (χ2v) is 10.1. The maximum absolute atomic E-state index is 14.0. The molecule has 1 unspecified atom stereocenters. The van der Waals surface area contributed by atoms with Gasteiger partial charge in [-0.15, -0.1) is 0 Å². The Kier molecular flexibility index (Phi) is 6.62. The SMILES string of the molecule is CN=C(NCC1(S(C)(=O)=O)CCOCC1)NC1CCN(c2ccc(F)cc2F)C1. The van der Waals surface area contributed by atoms with Gasteiger partial charge in [-0.25, -0.2) is 17.2 Å². The molecule has 10 heteroatoms. The van der Waals surface area contributed by atoms with Crippen LogP contribution in [0.15, 0.2) is 23.2 Å². The zero-order valence-electron chi connectivity index (χ0n) is 16.7. The third kappa shape index (κ3) is 4.98. The number of benzene rings is 1. The Labute approximate surface area is 170 Å². The van der Waals surface area contributed by atoms with E-state index in [1.165, 1.54) is 18.4 Å². The maximum Gasteiger partial charge on any atom is 0.191 e. The lowest BCUT2D eigenvalue weighted by Crippen LogP contribution is -2.54. The normalized spacial score (nSPS) is 22.6. The standard InChI is InChI=1S/C19H28F2N4O3S/c1-22-18(23-13-19(29(2,26)27)6-9-28-10-7-19)24-15-5-8-25(12-15)17-4-3-14(20)11-16(17)21/h3-4,11,15H,5-10,12-13H2,1-2H3,(H2,22,23,24). The van der Waals surface area contributed by atoms with E-state index in [0.717, 1.165) is 12.5 Å². The highest BCUT2D eigenvalue weighted by Gasteiger charge is 2.42. The Bertz CT molecular complexity index is 857. The van der Waals surface area contributed by atoms with Gasteiger partial charge in [0.05, 0.1) is 10.4 Å². The molecule has 2 saturated heterocycles. The Morgan fingerprint density at radius 3 is 2.69 bits per heavy atom. The van der Waals surface area contributed by atoms with E-state index >= 15 is 0 Å². The minimum Gasteiger partial charge on any atom is -0.381 e. The molecule has 0 aromatic heterocycles. The Balaban J connectivity index is 1.59. The van der Waals surface area contributed by atoms with Crippen LogP contribution in [-0.4, -0.2) is 71.3 Å². The molecular formula is C19H28F2N4O3S. The van der Waals surface area contributed by atoms with Crippen molar-refractivity contribution in [2.75, 3.05) is 51.1 Å². The number of guanidine groups is 1. The number of halogens is 2. The zero-order chi connectivity index (χ0) is 21.1. The number of nitrogens with one attached hydrogen (secondary N) is 2. The molecule has 29 heavy (non-hydrogen) atoms. The average molecular weight is 431 g/mol. The molecule has 0 radical (unpaired) electrons. The van der Waals surface area contributed by atoms with Gasteiger partial charge in [-0.2, -0.15) is 0 Å². The summed E-state index contributed by atoms with van der Waals surface area (Å²) < 4.78 is 56.4. The monoisotopic (exact) mass is 430 g/mol. The molecule has 162 valence electrons. The minimum absolute atomic E-state index is 0.00882. The summed E-state index contributed by atoms with van der Waals surface area (Å²) >= 11 is 0. The molecule has 0 spiro atoms. The van der Waals surface area contributed by atoms with Crippen molar-refractivity contribution in [3.63, 3.8) is 0 Å². The van der Waals surface area contributed by atoms with E-state index in [2.05, 4.69) is 15.6 Å². The number of rotatable bonds is 5. The van der Waals surface area contributed by atoms with Crippen molar-refractivity contribution in [2.24, 2.45) is 4.99 Å². The fourth-order valence-corrected chi connectivity index (χ4v) is 5.13. The predicted octanol–water partition coefficient (Wildman–Crippen LogP) is 1.30. The molecule has 2 aliphatic rings. The average Bonchev–Trinajstić information content (AvgIpc) is 3.13. The Morgan fingerprint density at radius 1 is 1.34 bits per heavy atom. The fourth-order valence-electron chi connectivity index (χ4n) is 3.89. The molecule has 0 aliphatic carbocycles. The fraction of sp³-hybridized carbons (Fsp3) is 0.632. The van der Waals surface area contributed by atoms with Crippen molar-refractivity contribution in [1.29, 1.82) is 0 Å². The van der Waals surface area contributed by atoms with Crippen LogP contribution in [0, 0.1) is 11.6 Å². The van der Waals surface area contributed by atoms with Gasteiger partial charge in [0.25, 0.3) is 0 Å². The number of hydrogen-bond acceptors (Lipinski definition) is 5. The van der Waals surface area contributed by atoms with Crippen molar-refractivity contribution in [3.8, 4) is 0 Å². The summed E-state index contributed by atoms with van der Waals surface area (Å²) in [6.07, 6.45) is 2.90. The lowest BCUT2D eigenvalue weighted by Gasteiger charge is -2.36. The highest BCUT2D eigenvalue weighted by molar-refractivity contribution is 7.92. The smallest absolute Gasteiger partial charge is 0.191 e. The summed E-state index contributed by atoms with van der Waals surface area (Å²) in [5, 5.41) is 6.43. The molecule has 2 aliphatic heterocycles. The van der Waals surface area contributed by atoms with Gasteiger partial charge in [-0.05, 0) is 31.4 Å². The van der Waals surface area contributed by atoms with Gasteiger partial charge in [0, 0.05) is 58.3 Å². The first-order chi connectivity index (χ1) is 13.7. The van der Waals surface area contributed by atoms with Crippen molar-refractivity contribution in [2.45, 2.75) is 30.1 Å². The van der Waals surface area contributed by atoms with Crippen LogP contribution in [0.4, 0.5) is 14.5 Å². The quantitative estimate of drug-likeness (QED) is 0.541. The second-order valence-electron chi connectivity index (χ2n) is 7.67. The molecule has 0 saturated carbocycles. The van der Waals surface area contributed by atoms with Crippen molar-refractivity contribution in [1.82, 2.24) is 10.6 Å². The first-order valence-corrected chi connectivity index (χ1v) is 11.6. The van der Waals surface area contributed by atoms with Crippen LogP contribution in [0.3, 0.4) is 0 Å². The zero-order valence-corrected chi connectivity index (χ0v) is 17.6. The van der Waals surface area contributed by atoms with E-state index in [1.807, 2.05) is 4.90 Å². The van der Waals surface area contributed by atoms with Crippen LogP contribution in [0.2, 0.25) is 0 Å². The lowest BCUT2D eigenvalue weighted by molar-refractivity contribution is 0.0756. The molecule has 0 bridgehead atoms. The summed E-state index contributed by atoms with van der Waals surface area (Å²) in [7, 11) is -1.65. The predicted molar refractivity (Wildman–Crippen MR) is 109 cm³/mol. The van der Waals surface area contributed by atoms with E-state index < -0.39 is 26.2 Å². The molecule has 1 atom stereocenters. The molecule has 2 N–H and O–H groups in total. The van der Waals surface area contributed by atoms with Crippen LogP contribution < -0.4 is 15.5 Å². The number of anilines is 1. The topological polar surface area (TPSA) is 83.0 Å². The van der Waals surface area contributed by atoms with E-state index in [0.29, 0.717) is 50.8 Å². The Morgan fingerprint density at radius 2 is 2.07 bits per heavy atom. The first-order valence-electron chi connectivity index (χ1n) is 9.69. The molecule has 1 aromatic carbocycles. The molecule has 7 nitrogen and oxygen atoms in total. The number of nitrogens with zero attached hydrogens (tertiary/aromatic N) is 2. The van der Waals surface area contributed by atoms with Gasteiger partial charge < -0.3 is 20.3 Å². The molecule has 2 fully saturated rings. The van der Waals surface area contributed by atoms with Crippen LogP contribution in [0.25, 0.3) is 0 Å². The number of aliphatic imine (C=N–C) groups is 1. The van der Waals surface area contributed by atoms with Crippen LogP contribution in [0.5, 0.6) is 0 Å². The third-order valence-electron chi connectivity index (χ3n) is 5.77. The second kappa shape index (κ2) is 8.83. The Hall–Kier alpha value is -1.94. The van der Waals surface area contributed by atoms with Gasteiger partial charge in [-0.3, -0.25) is 4.99 Å². The van der Waals surface area contributed by atoms with E-state index in [1.54, 1.807) is 7.05 Å². The highest BCUT2D eigenvalue weighted by Crippen LogP contribution is 2.29. The van der Waals surface area contributed by atoms with E-state index in [4.69, 9.17) is 4.74 Å². The first kappa shape index (κ1) is 21.8. The van der Waals surface area contributed by atoms with Crippen molar-refractivity contribution >= 4 is 21.5 Å². The van der Waals surface area contributed by atoms with Crippen molar-refractivity contribution in [3.05, 3.63) is 29.8 Å². The summed E-state index contributed by atoms with van der Waals surface area (Å²) in [5.41, 5.74) is 0.372. The van der Waals surface area contributed by atoms with Crippen molar-refractivity contribution < 1.29 is 21.9 Å². The van der Waals surface area contributed by atoms with Crippen LogP contribution in [0.1, 0.15) is 19.3 Å². The van der Waals surface area contributed by atoms with E-state index in [9.17, 15) is 17.2 Å². The highest BCUT2D eigenvalue weighted by atomic mass is 32.2. The minimum atomic E-state index is -3.28. The van der Waals surface area contributed by atoms with Gasteiger partial charge in [-0.1, -0.05) is 0 Å². The van der Waals surface area contributed by atoms with Gasteiger partial charge in [0.15, 0.2) is 15.8 Å².